The second-order valence-electron chi connectivity index (χ2n) is 7.96. The first-order chi connectivity index (χ1) is 16.0. The number of hydrogen-bond donors (Lipinski definition) is 1. The molecule has 0 saturated heterocycles. The Morgan fingerprint density at radius 2 is 1.24 bits per heavy atom. The van der Waals surface area contributed by atoms with Gasteiger partial charge < -0.3 is 0 Å². The molecule has 4 rings (SSSR count). The number of hydrogen-bond acceptors (Lipinski definition) is 4. The number of nitrogens with one attached hydrogen (secondary N) is 1. The summed E-state index contributed by atoms with van der Waals surface area (Å²) in [5.74, 6) is -0.784. The van der Waals surface area contributed by atoms with E-state index in [9.17, 15) is 13.2 Å². The van der Waals surface area contributed by atoms with Crippen molar-refractivity contribution in [3.8, 4) is 0 Å². The summed E-state index contributed by atoms with van der Waals surface area (Å²) < 4.78 is 27.9. The van der Waals surface area contributed by atoms with Crippen LogP contribution in [0.15, 0.2) is 103 Å². The maximum Gasteiger partial charge on any atom is 0.265 e. The van der Waals surface area contributed by atoms with Gasteiger partial charge in [0, 0.05) is 25.2 Å². The number of sulfonamides is 1. The molecule has 168 valence electrons. The molecule has 1 N–H and O–H groups in total. The highest BCUT2D eigenvalue weighted by Crippen LogP contribution is 2.18. The number of fused-ring (bicyclic) bond motifs is 1. The highest BCUT2D eigenvalue weighted by molar-refractivity contribution is 7.90. The third kappa shape index (κ3) is 6.28. The largest absolute Gasteiger partial charge is 0.294 e. The number of benzene rings is 4. The molecule has 33 heavy (non-hydrogen) atoms. The van der Waals surface area contributed by atoms with Crippen molar-refractivity contribution in [1.29, 1.82) is 0 Å². The zero-order valence-electron chi connectivity index (χ0n) is 18.2. The third-order valence-corrected chi connectivity index (χ3v) is 6.67. The van der Waals surface area contributed by atoms with Gasteiger partial charge in [0.05, 0.1) is 5.75 Å². The number of carbonyl (C=O) groups excluding carboxylic acids is 1. The SMILES string of the molecule is O=C(NS(=O)(=O)CCN(Cc1ccccc1)Cc1ccccc1)c1cccc2ccccc12. The Bertz CT molecular complexity index is 1280. The van der Waals surface area contributed by atoms with E-state index in [-0.39, 0.29) is 5.75 Å². The Balaban J connectivity index is 1.46. The van der Waals surface area contributed by atoms with Crippen LogP contribution in [0.4, 0.5) is 0 Å². The third-order valence-electron chi connectivity index (χ3n) is 5.46. The molecule has 0 saturated carbocycles. The van der Waals surface area contributed by atoms with Crippen molar-refractivity contribution < 1.29 is 13.2 Å². The molecule has 0 radical (unpaired) electrons. The van der Waals surface area contributed by atoms with Gasteiger partial charge in [-0.25, -0.2) is 13.1 Å². The monoisotopic (exact) mass is 458 g/mol. The normalized spacial score (nSPS) is 11.5. The van der Waals surface area contributed by atoms with Crippen LogP contribution < -0.4 is 4.72 Å². The van der Waals surface area contributed by atoms with Crippen LogP contribution in [0, 0.1) is 0 Å². The van der Waals surface area contributed by atoms with Gasteiger partial charge in [-0.05, 0) is 28.0 Å². The standard InChI is InChI=1S/C27H26N2O3S/c30-27(26-17-9-15-24-14-7-8-16-25(24)26)28-33(31,32)19-18-29(20-22-10-3-1-4-11-22)21-23-12-5-2-6-13-23/h1-17H,18-21H2,(H,28,30). The Hall–Kier alpha value is -3.48. The van der Waals surface area contributed by atoms with Crippen LogP contribution in [-0.2, 0) is 23.1 Å². The minimum absolute atomic E-state index is 0.177. The molecule has 0 bridgehead atoms. The van der Waals surface area contributed by atoms with Crippen LogP contribution in [0.25, 0.3) is 10.8 Å². The summed E-state index contributed by atoms with van der Waals surface area (Å²) in [6, 6.07) is 32.6. The quantitative estimate of drug-likeness (QED) is 0.398. The summed E-state index contributed by atoms with van der Waals surface area (Å²) in [5.41, 5.74) is 2.55. The predicted octanol–water partition coefficient (Wildman–Crippen LogP) is 4.60. The molecule has 1 amide bonds. The van der Waals surface area contributed by atoms with Gasteiger partial charge in [-0.15, -0.1) is 0 Å². The summed E-state index contributed by atoms with van der Waals surface area (Å²) >= 11 is 0. The summed E-state index contributed by atoms with van der Waals surface area (Å²) in [4.78, 5) is 14.9. The molecular weight excluding hydrogens is 432 g/mol. The van der Waals surface area contributed by atoms with Crippen molar-refractivity contribution in [2.75, 3.05) is 12.3 Å². The van der Waals surface area contributed by atoms with E-state index in [4.69, 9.17) is 0 Å². The maximum absolute atomic E-state index is 12.8. The van der Waals surface area contributed by atoms with Crippen molar-refractivity contribution in [1.82, 2.24) is 9.62 Å². The lowest BCUT2D eigenvalue weighted by atomic mass is 10.0. The molecule has 0 spiro atoms. The Morgan fingerprint density at radius 3 is 1.88 bits per heavy atom. The molecule has 0 aliphatic rings. The Kier molecular flexibility index (Phi) is 7.17. The molecule has 4 aromatic rings. The van der Waals surface area contributed by atoms with E-state index < -0.39 is 15.9 Å². The summed E-state index contributed by atoms with van der Waals surface area (Å²) in [7, 11) is -3.82. The lowest BCUT2D eigenvalue weighted by molar-refractivity contribution is 0.0983. The molecular formula is C27H26N2O3S. The highest BCUT2D eigenvalue weighted by Gasteiger charge is 2.19. The minimum Gasteiger partial charge on any atom is -0.294 e. The number of nitrogens with zero attached hydrogens (tertiary/aromatic N) is 1. The Labute approximate surface area is 194 Å². The van der Waals surface area contributed by atoms with Crippen LogP contribution in [0.3, 0.4) is 0 Å². The second-order valence-corrected chi connectivity index (χ2v) is 9.80. The van der Waals surface area contributed by atoms with Crippen molar-refractivity contribution in [3.05, 3.63) is 120 Å². The summed E-state index contributed by atoms with van der Waals surface area (Å²) in [5, 5.41) is 1.61. The zero-order chi connectivity index (χ0) is 23.1. The molecule has 5 nitrogen and oxygen atoms in total. The van der Waals surface area contributed by atoms with Crippen molar-refractivity contribution in [3.63, 3.8) is 0 Å². The van der Waals surface area contributed by atoms with Gasteiger partial charge in [0.2, 0.25) is 10.0 Å². The fourth-order valence-corrected chi connectivity index (χ4v) is 4.81. The highest BCUT2D eigenvalue weighted by atomic mass is 32.2. The van der Waals surface area contributed by atoms with Gasteiger partial charge in [0.1, 0.15) is 0 Å². The smallest absolute Gasteiger partial charge is 0.265 e. The first-order valence-electron chi connectivity index (χ1n) is 10.8. The summed E-state index contributed by atoms with van der Waals surface area (Å²) in [6.45, 7) is 1.52. The van der Waals surface area contributed by atoms with Crippen LogP contribution in [0.1, 0.15) is 21.5 Å². The van der Waals surface area contributed by atoms with Crippen LogP contribution >= 0.6 is 0 Å². The molecule has 0 heterocycles. The predicted molar refractivity (Wildman–Crippen MR) is 132 cm³/mol. The summed E-state index contributed by atoms with van der Waals surface area (Å²) in [6.07, 6.45) is 0. The number of rotatable bonds is 9. The van der Waals surface area contributed by atoms with Gasteiger partial charge in [-0.2, -0.15) is 0 Å². The average molecular weight is 459 g/mol. The molecule has 0 fully saturated rings. The van der Waals surface area contributed by atoms with Crippen LogP contribution in [0.5, 0.6) is 0 Å². The minimum atomic E-state index is -3.82. The lowest BCUT2D eigenvalue weighted by Gasteiger charge is -2.22. The van der Waals surface area contributed by atoms with Crippen LogP contribution in [0.2, 0.25) is 0 Å². The lowest BCUT2D eigenvalue weighted by Crippen LogP contribution is -2.37. The Morgan fingerprint density at radius 1 is 0.697 bits per heavy atom. The zero-order valence-corrected chi connectivity index (χ0v) is 19.0. The van der Waals surface area contributed by atoms with Crippen molar-refractivity contribution >= 4 is 26.7 Å². The number of amides is 1. The average Bonchev–Trinajstić information content (AvgIpc) is 2.83. The second kappa shape index (κ2) is 10.4. The van der Waals surface area contributed by atoms with Crippen molar-refractivity contribution in [2.45, 2.75) is 13.1 Å². The molecule has 0 atom stereocenters. The van der Waals surface area contributed by atoms with Gasteiger partial charge in [0.25, 0.3) is 5.91 Å². The topological polar surface area (TPSA) is 66.5 Å². The van der Waals surface area contributed by atoms with E-state index in [0.717, 1.165) is 21.9 Å². The van der Waals surface area contributed by atoms with E-state index in [1.54, 1.807) is 12.1 Å². The van der Waals surface area contributed by atoms with E-state index in [2.05, 4.69) is 9.62 Å². The molecule has 0 unspecified atom stereocenters. The van der Waals surface area contributed by atoms with Gasteiger partial charge in [0.15, 0.2) is 0 Å². The first-order valence-corrected chi connectivity index (χ1v) is 12.5. The van der Waals surface area contributed by atoms with Gasteiger partial charge >= 0.3 is 0 Å². The van der Waals surface area contributed by atoms with Gasteiger partial charge in [-0.3, -0.25) is 9.69 Å². The fraction of sp³-hybridized carbons (Fsp3) is 0.148. The van der Waals surface area contributed by atoms with Crippen molar-refractivity contribution in [2.24, 2.45) is 0 Å². The fourth-order valence-electron chi connectivity index (χ4n) is 3.82. The number of carbonyl (C=O) groups is 1. The van der Waals surface area contributed by atoms with Gasteiger partial charge in [-0.1, -0.05) is 97.1 Å². The molecule has 4 aromatic carbocycles. The van der Waals surface area contributed by atoms with E-state index in [1.807, 2.05) is 91.0 Å². The van der Waals surface area contributed by atoms with Crippen LogP contribution in [-0.4, -0.2) is 31.5 Å². The first kappa shape index (κ1) is 22.7. The maximum atomic E-state index is 12.8. The van der Waals surface area contributed by atoms with E-state index in [1.165, 1.54) is 0 Å². The molecule has 0 aliphatic heterocycles. The molecule has 6 heteroatoms. The van der Waals surface area contributed by atoms with E-state index in [0.29, 0.717) is 25.2 Å². The van der Waals surface area contributed by atoms with E-state index >= 15 is 0 Å². The molecule has 0 aromatic heterocycles. The molecule has 0 aliphatic carbocycles.